The predicted octanol–water partition coefficient (Wildman–Crippen LogP) is 3.69. The Bertz CT molecular complexity index is 360. The summed E-state index contributed by atoms with van der Waals surface area (Å²) in [6.45, 7) is 10.2. The fourth-order valence-electron chi connectivity index (χ4n) is 1.51. The summed E-state index contributed by atoms with van der Waals surface area (Å²) >= 11 is 1.72. The Morgan fingerprint density at radius 1 is 1.26 bits per heavy atom. The highest BCUT2D eigenvalue weighted by atomic mass is 32.2. The molecule has 1 rings (SSSR count). The Balaban J connectivity index is 2.44. The molecule has 108 valence electrons. The molecular weight excluding hydrogens is 254 g/mol. The van der Waals surface area contributed by atoms with Gasteiger partial charge >= 0.3 is 0 Å². The normalized spacial score (nSPS) is 14.6. The number of hydrogen-bond acceptors (Lipinski definition) is 3. The Hall–Kier alpha value is -0.510. The fourth-order valence-corrected chi connectivity index (χ4v) is 2.63. The maximum Gasteiger partial charge on any atom is 0.0736 e. The molecule has 0 fully saturated rings. The van der Waals surface area contributed by atoms with Crippen molar-refractivity contribution in [3.63, 3.8) is 0 Å². The molecule has 1 unspecified atom stereocenters. The number of aliphatic hydroxyl groups is 1. The first-order valence-corrected chi connectivity index (χ1v) is 8.09. The average Bonchev–Trinajstić information content (AvgIpc) is 2.38. The molecule has 0 spiro atoms. The van der Waals surface area contributed by atoms with Crippen molar-refractivity contribution in [1.29, 1.82) is 0 Å². The van der Waals surface area contributed by atoms with Crippen molar-refractivity contribution >= 4 is 11.8 Å². The second-order valence-corrected chi connectivity index (χ2v) is 6.67. The summed E-state index contributed by atoms with van der Waals surface area (Å²) in [5.74, 6) is 1.01. The lowest BCUT2D eigenvalue weighted by molar-refractivity contribution is 0.0376. The monoisotopic (exact) mass is 281 g/mol. The molecule has 3 heteroatoms. The van der Waals surface area contributed by atoms with Crippen LogP contribution >= 0.6 is 11.8 Å². The quantitative estimate of drug-likeness (QED) is 0.563. The van der Waals surface area contributed by atoms with Gasteiger partial charge in [-0.3, -0.25) is 0 Å². The standard InChI is InChI=1S/C16H27NOS/c1-5-10-17-11-14-6-8-15(9-7-14)19-12-16(4,18)13(2)3/h6-9,13,17-18H,5,10-12H2,1-4H3. The third kappa shape index (κ3) is 5.98. The van der Waals surface area contributed by atoms with Gasteiger partial charge in [0.15, 0.2) is 0 Å². The van der Waals surface area contributed by atoms with Crippen molar-refractivity contribution in [3.05, 3.63) is 29.8 Å². The van der Waals surface area contributed by atoms with Crippen molar-refractivity contribution in [2.45, 2.75) is 51.2 Å². The molecular formula is C16H27NOS. The van der Waals surface area contributed by atoms with Crippen LogP contribution in [0.2, 0.25) is 0 Å². The van der Waals surface area contributed by atoms with E-state index in [0.29, 0.717) is 0 Å². The molecule has 0 aliphatic heterocycles. The van der Waals surface area contributed by atoms with Gasteiger partial charge in [0.05, 0.1) is 5.60 Å². The average molecular weight is 281 g/mol. The van der Waals surface area contributed by atoms with Crippen LogP contribution in [0.25, 0.3) is 0 Å². The van der Waals surface area contributed by atoms with Gasteiger partial charge in [0, 0.05) is 17.2 Å². The molecule has 1 atom stereocenters. The predicted molar refractivity (Wildman–Crippen MR) is 84.6 cm³/mol. The molecule has 1 aromatic rings. The lowest BCUT2D eigenvalue weighted by Gasteiger charge is -2.27. The number of benzene rings is 1. The van der Waals surface area contributed by atoms with Gasteiger partial charge in [-0.05, 0) is 43.5 Å². The second kappa shape index (κ2) is 7.93. The Morgan fingerprint density at radius 2 is 1.89 bits per heavy atom. The van der Waals surface area contributed by atoms with E-state index in [2.05, 4.69) is 50.4 Å². The topological polar surface area (TPSA) is 32.3 Å². The maximum atomic E-state index is 10.2. The zero-order valence-corrected chi connectivity index (χ0v) is 13.4. The minimum Gasteiger partial charge on any atom is -0.389 e. The van der Waals surface area contributed by atoms with Gasteiger partial charge < -0.3 is 10.4 Å². The molecule has 0 bridgehead atoms. The fraction of sp³-hybridized carbons (Fsp3) is 0.625. The van der Waals surface area contributed by atoms with E-state index in [4.69, 9.17) is 0 Å². The first-order valence-electron chi connectivity index (χ1n) is 7.10. The minimum absolute atomic E-state index is 0.275. The molecule has 19 heavy (non-hydrogen) atoms. The Morgan fingerprint density at radius 3 is 2.42 bits per heavy atom. The highest BCUT2D eigenvalue weighted by Crippen LogP contribution is 2.27. The van der Waals surface area contributed by atoms with Crippen molar-refractivity contribution in [3.8, 4) is 0 Å². The summed E-state index contributed by atoms with van der Waals surface area (Å²) in [7, 11) is 0. The SMILES string of the molecule is CCCNCc1ccc(SCC(C)(O)C(C)C)cc1. The number of nitrogens with one attached hydrogen (secondary N) is 1. The highest BCUT2D eigenvalue weighted by molar-refractivity contribution is 7.99. The zero-order valence-electron chi connectivity index (χ0n) is 12.6. The molecule has 0 saturated carbocycles. The van der Waals surface area contributed by atoms with Crippen LogP contribution in [0.3, 0.4) is 0 Å². The van der Waals surface area contributed by atoms with Gasteiger partial charge in [0.1, 0.15) is 0 Å². The van der Waals surface area contributed by atoms with E-state index in [9.17, 15) is 5.11 Å². The molecule has 0 radical (unpaired) electrons. The van der Waals surface area contributed by atoms with Crippen LogP contribution in [0, 0.1) is 5.92 Å². The number of thioether (sulfide) groups is 1. The highest BCUT2D eigenvalue weighted by Gasteiger charge is 2.24. The largest absolute Gasteiger partial charge is 0.389 e. The van der Waals surface area contributed by atoms with Gasteiger partial charge in [-0.15, -0.1) is 11.8 Å². The molecule has 2 N–H and O–H groups in total. The van der Waals surface area contributed by atoms with Gasteiger partial charge in [0.25, 0.3) is 0 Å². The first-order chi connectivity index (χ1) is 8.95. The molecule has 0 aliphatic rings. The summed E-state index contributed by atoms with van der Waals surface area (Å²) in [4.78, 5) is 1.22. The van der Waals surface area contributed by atoms with Crippen molar-refractivity contribution in [2.75, 3.05) is 12.3 Å². The molecule has 0 aromatic heterocycles. The van der Waals surface area contributed by atoms with Crippen molar-refractivity contribution < 1.29 is 5.11 Å². The van der Waals surface area contributed by atoms with E-state index < -0.39 is 5.60 Å². The number of hydrogen-bond donors (Lipinski definition) is 2. The second-order valence-electron chi connectivity index (χ2n) is 5.62. The van der Waals surface area contributed by atoms with Crippen LogP contribution in [0.5, 0.6) is 0 Å². The van der Waals surface area contributed by atoms with Gasteiger partial charge in [-0.1, -0.05) is 32.9 Å². The Labute approximate surface area is 122 Å². The van der Waals surface area contributed by atoms with E-state index in [0.717, 1.165) is 25.3 Å². The summed E-state index contributed by atoms with van der Waals surface area (Å²) in [5, 5.41) is 13.6. The minimum atomic E-state index is -0.605. The lowest BCUT2D eigenvalue weighted by Crippen LogP contribution is -2.33. The zero-order chi connectivity index (χ0) is 14.3. The van der Waals surface area contributed by atoms with Crippen molar-refractivity contribution in [1.82, 2.24) is 5.32 Å². The third-order valence-electron chi connectivity index (χ3n) is 3.45. The van der Waals surface area contributed by atoms with E-state index in [1.54, 1.807) is 11.8 Å². The van der Waals surface area contributed by atoms with Crippen LogP contribution in [0.15, 0.2) is 29.2 Å². The Kier molecular flexibility index (Phi) is 6.90. The molecule has 2 nitrogen and oxygen atoms in total. The summed E-state index contributed by atoms with van der Waals surface area (Å²) in [6.07, 6.45) is 1.16. The van der Waals surface area contributed by atoms with Crippen molar-refractivity contribution in [2.24, 2.45) is 5.92 Å². The number of rotatable bonds is 8. The summed E-state index contributed by atoms with van der Waals surface area (Å²) < 4.78 is 0. The third-order valence-corrected chi connectivity index (χ3v) is 4.79. The molecule has 0 aliphatic carbocycles. The van der Waals surface area contributed by atoms with Gasteiger partial charge in [-0.2, -0.15) is 0 Å². The van der Waals surface area contributed by atoms with Crippen LogP contribution in [-0.2, 0) is 6.54 Å². The lowest BCUT2D eigenvalue weighted by atomic mass is 9.95. The smallest absolute Gasteiger partial charge is 0.0736 e. The molecule has 0 heterocycles. The van der Waals surface area contributed by atoms with E-state index in [1.807, 2.05) is 6.92 Å². The summed E-state index contributed by atoms with van der Waals surface area (Å²) in [6, 6.07) is 8.61. The van der Waals surface area contributed by atoms with Crippen LogP contribution in [-0.4, -0.2) is 23.0 Å². The van der Waals surface area contributed by atoms with E-state index >= 15 is 0 Å². The molecule has 0 saturated heterocycles. The van der Waals surface area contributed by atoms with Crippen LogP contribution in [0.1, 0.15) is 39.7 Å². The van der Waals surface area contributed by atoms with Crippen LogP contribution < -0.4 is 5.32 Å². The van der Waals surface area contributed by atoms with Gasteiger partial charge in [0.2, 0.25) is 0 Å². The summed E-state index contributed by atoms with van der Waals surface area (Å²) in [5.41, 5.74) is 0.708. The van der Waals surface area contributed by atoms with Crippen LogP contribution in [0.4, 0.5) is 0 Å². The molecule has 1 aromatic carbocycles. The van der Waals surface area contributed by atoms with E-state index in [1.165, 1.54) is 10.5 Å². The first kappa shape index (κ1) is 16.5. The van der Waals surface area contributed by atoms with E-state index in [-0.39, 0.29) is 5.92 Å². The maximum absolute atomic E-state index is 10.2. The van der Waals surface area contributed by atoms with Gasteiger partial charge in [-0.25, -0.2) is 0 Å². The molecule has 0 amide bonds.